The summed E-state index contributed by atoms with van der Waals surface area (Å²) in [6.07, 6.45) is 5.50. The van der Waals surface area contributed by atoms with E-state index in [1.54, 1.807) is 10.9 Å². The molecule has 0 saturated heterocycles. The van der Waals surface area contributed by atoms with Crippen LogP contribution in [0.25, 0.3) is 6.20 Å². The molecule has 1 atom stereocenters. The van der Waals surface area contributed by atoms with Gasteiger partial charge in [-0.2, -0.15) is 5.10 Å². The minimum Gasteiger partial charge on any atom is -0.306 e. The van der Waals surface area contributed by atoms with Gasteiger partial charge in [0.15, 0.2) is 0 Å². The smallest absolute Gasteiger partial charge is 0.0538 e. The second kappa shape index (κ2) is 5.98. The van der Waals surface area contributed by atoms with Crippen LogP contribution in [0.15, 0.2) is 47.7 Å². The quantitative estimate of drug-likeness (QED) is 0.915. The molecule has 94 valence electrons. The summed E-state index contributed by atoms with van der Waals surface area (Å²) in [5.41, 5.74) is 2.41. The summed E-state index contributed by atoms with van der Waals surface area (Å²) in [6, 6.07) is 8.63. The molecule has 1 N–H and O–H groups in total. The number of benzene rings is 1. The van der Waals surface area contributed by atoms with Gasteiger partial charge in [0.2, 0.25) is 0 Å². The Bertz CT molecular complexity index is 533. The molecule has 1 heterocycles. The summed E-state index contributed by atoms with van der Waals surface area (Å²) in [5, 5.41) is 7.62. The van der Waals surface area contributed by atoms with E-state index >= 15 is 0 Å². The van der Waals surface area contributed by atoms with Gasteiger partial charge in [-0.05, 0) is 24.6 Å². The van der Waals surface area contributed by atoms with E-state index in [2.05, 4.69) is 52.0 Å². The third-order valence-electron chi connectivity index (χ3n) is 2.80. The largest absolute Gasteiger partial charge is 0.306 e. The zero-order valence-electron chi connectivity index (χ0n) is 10.3. The molecule has 3 nitrogen and oxygen atoms in total. The molecule has 0 spiro atoms. The van der Waals surface area contributed by atoms with Gasteiger partial charge in [0.05, 0.1) is 6.20 Å². The first-order valence-electron chi connectivity index (χ1n) is 5.83. The third kappa shape index (κ3) is 3.31. The Morgan fingerprint density at radius 2 is 2.39 bits per heavy atom. The summed E-state index contributed by atoms with van der Waals surface area (Å²) >= 11 is 3.49. The molecule has 1 unspecified atom stereocenters. The van der Waals surface area contributed by atoms with Crippen molar-refractivity contribution in [3.05, 3.63) is 58.8 Å². The van der Waals surface area contributed by atoms with Gasteiger partial charge in [0, 0.05) is 35.0 Å². The molecule has 0 saturated carbocycles. The van der Waals surface area contributed by atoms with Crippen LogP contribution in [0, 0.1) is 0 Å². The van der Waals surface area contributed by atoms with Gasteiger partial charge in [-0.25, -0.2) is 4.68 Å². The van der Waals surface area contributed by atoms with Crippen LogP contribution >= 0.6 is 15.9 Å². The fraction of sp³-hybridized carbons (Fsp3) is 0.214. The Labute approximate surface area is 116 Å². The zero-order valence-corrected chi connectivity index (χ0v) is 11.9. The van der Waals surface area contributed by atoms with E-state index < -0.39 is 0 Å². The summed E-state index contributed by atoms with van der Waals surface area (Å²) in [7, 11) is 0. The van der Waals surface area contributed by atoms with Crippen LogP contribution in [0.3, 0.4) is 0 Å². The van der Waals surface area contributed by atoms with Crippen molar-refractivity contribution in [1.82, 2.24) is 15.1 Å². The highest BCUT2D eigenvalue weighted by Crippen LogP contribution is 2.18. The fourth-order valence-corrected chi connectivity index (χ4v) is 2.15. The maximum atomic E-state index is 4.15. The first kappa shape index (κ1) is 13.1. The average molecular weight is 306 g/mol. The first-order valence-corrected chi connectivity index (χ1v) is 6.63. The average Bonchev–Trinajstić information content (AvgIpc) is 2.84. The van der Waals surface area contributed by atoms with Crippen LogP contribution in [0.2, 0.25) is 0 Å². The first-order chi connectivity index (χ1) is 8.69. The molecule has 2 rings (SSSR count). The standard InChI is InChI=1S/C14H16BrN3/c1-3-18-10-12(9-17-18)8-16-11(2)13-5-4-6-14(15)7-13/h3-7,9-11,16H,1,8H2,2H3. The van der Waals surface area contributed by atoms with Crippen LogP contribution < -0.4 is 5.32 Å². The van der Waals surface area contributed by atoms with Crippen LogP contribution in [0.5, 0.6) is 0 Å². The summed E-state index contributed by atoms with van der Waals surface area (Å²) in [5.74, 6) is 0. The van der Waals surface area contributed by atoms with Crippen molar-refractivity contribution in [2.45, 2.75) is 19.5 Å². The summed E-state index contributed by atoms with van der Waals surface area (Å²) < 4.78 is 2.81. The molecule has 0 aliphatic rings. The molecule has 0 aliphatic heterocycles. The van der Waals surface area contributed by atoms with Crippen molar-refractivity contribution in [3.8, 4) is 0 Å². The number of rotatable bonds is 5. The Hall–Kier alpha value is -1.39. The van der Waals surface area contributed by atoms with Crippen LogP contribution in [0.4, 0.5) is 0 Å². The van der Waals surface area contributed by atoms with E-state index in [0.29, 0.717) is 6.04 Å². The topological polar surface area (TPSA) is 29.9 Å². The molecule has 0 bridgehead atoms. The molecule has 0 fully saturated rings. The lowest BCUT2D eigenvalue weighted by Gasteiger charge is -2.13. The number of aromatic nitrogens is 2. The van der Waals surface area contributed by atoms with Gasteiger partial charge in [0.25, 0.3) is 0 Å². The SMILES string of the molecule is C=Cn1cc(CNC(C)c2cccc(Br)c2)cn1. The van der Waals surface area contributed by atoms with Crippen molar-refractivity contribution >= 4 is 22.1 Å². The number of halogens is 1. The van der Waals surface area contributed by atoms with Crippen LogP contribution in [-0.2, 0) is 6.54 Å². The Morgan fingerprint density at radius 1 is 1.56 bits per heavy atom. The van der Waals surface area contributed by atoms with E-state index in [0.717, 1.165) is 16.6 Å². The molecular formula is C14H16BrN3. The molecule has 0 aliphatic carbocycles. The highest BCUT2D eigenvalue weighted by Gasteiger charge is 2.05. The van der Waals surface area contributed by atoms with Crippen LogP contribution in [-0.4, -0.2) is 9.78 Å². The normalized spacial score (nSPS) is 12.3. The second-order valence-electron chi connectivity index (χ2n) is 4.17. The monoisotopic (exact) mass is 305 g/mol. The van der Waals surface area contributed by atoms with E-state index in [1.165, 1.54) is 5.56 Å². The zero-order chi connectivity index (χ0) is 13.0. The molecular weight excluding hydrogens is 290 g/mol. The van der Waals surface area contributed by atoms with Gasteiger partial charge in [0.1, 0.15) is 0 Å². The highest BCUT2D eigenvalue weighted by molar-refractivity contribution is 9.10. The Kier molecular flexibility index (Phi) is 4.33. The maximum Gasteiger partial charge on any atom is 0.0538 e. The predicted molar refractivity (Wildman–Crippen MR) is 78.0 cm³/mol. The molecule has 1 aromatic heterocycles. The predicted octanol–water partition coefficient (Wildman–Crippen LogP) is 3.60. The lowest BCUT2D eigenvalue weighted by Crippen LogP contribution is -2.17. The fourth-order valence-electron chi connectivity index (χ4n) is 1.73. The number of hydrogen-bond donors (Lipinski definition) is 1. The number of nitrogens with one attached hydrogen (secondary N) is 1. The van der Waals surface area contributed by atoms with E-state index in [9.17, 15) is 0 Å². The van der Waals surface area contributed by atoms with Gasteiger partial charge in [-0.15, -0.1) is 0 Å². The minimum atomic E-state index is 0.301. The van der Waals surface area contributed by atoms with E-state index in [4.69, 9.17) is 0 Å². The number of nitrogens with zero attached hydrogens (tertiary/aromatic N) is 2. The van der Waals surface area contributed by atoms with Crippen molar-refractivity contribution in [2.75, 3.05) is 0 Å². The second-order valence-corrected chi connectivity index (χ2v) is 5.08. The maximum absolute atomic E-state index is 4.15. The number of hydrogen-bond acceptors (Lipinski definition) is 2. The van der Waals surface area contributed by atoms with Crippen LogP contribution in [0.1, 0.15) is 24.1 Å². The molecule has 4 heteroatoms. The highest BCUT2D eigenvalue weighted by atomic mass is 79.9. The molecule has 0 amide bonds. The van der Waals surface area contributed by atoms with Gasteiger partial charge < -0.3 is 5.32 Å². The minimum absolute atomic E-state index is 0.301. The van der Waals surface area contributed by atoms with Crippen molar-refractivity contribution in [2.24, 2.45) is 0 Å². The Morgan fingerprint density at radius 3 is 3.06 bits per heavy atom. The summed E-state index contributed by atoms with van der Waals surface area (Å²) in [6.45, 7) is 6.62. The van der Waals surface area contributed by atoms with Crippen molar-refractivity contribution < 1.29 is 0 Å². The molecule has 18 heavy (non-hydrogen) atoms. The van der Waals surface area contributed by atoms with Crippen molar-refractivity contribution in [3.63, 3.8) is 0 Å². The lowest BCUT2D eigenvalue weighted by molar-refractivity contribution is 0.574. The van der Waals surface area contributed by atoms with Gasteiger partial charge >= 0.3 is 0 Å². The molecule has 1 aromatic carbocycles. The van der Waals surface area contributed by atoms with Gasteiger partial charge in [-0.1, -0.05) is 34.6 Å². The Balaban J connectivity index is 1.95. The molecule has 2 aromatic rings. The van der Waals surface area contributed by atoms with E-state index in [-0.39, 0.29) is 0 Å². The lowest BCUT2D eigenvalue weighted by atomic mass is 10.1. The van der Waals surface area contributed by atoms with E-state index in [1.807, 2.05) is 24.5 Å². The van der Waals surface area contributed by atoms with Crippen molar-refractivity contribution in [1.29, 1.82) is 0 Å². The molecule has 0 radical (unpaired) electrons. The van der Waals surface area contributed by atoms with Gasteiger partial charge in [-0.3, -0.25) is 0 Å². The summed E-state index contributed by atoms with van der Waals surface area (Å²) in [4.78, 5) is 0. The third-order valence-corrected chi connectivity index (χ3v) is 3.30.